The van der Waals surface area contributed by atoms with Gasteiger partial charge in [-0.3, -0.25) is 4.79 Å². The first-order valence-electron chi connectivity index (χ1n) is 4.81. The third-order valence-electron chi connectivity index (χ3n) is 2.33. The molecule has 0 aromatic rings. The van der Waals surface area contributed by atoms with Gasteiger partial charge in [-0.25, -0.2) is 0 Å². The predicted octanol–water partition coefficient (Wildman–Crippen LogP) is 1.29. The molecule has 0 aliphatic carbocycles. The lowest BCUT2D eigenvalue weighted by molar-refractivity contribution is -0.143. The van der Waals surface area contributed by atoms with Crippen LogP contribution in [0.4, 0.5) is 0 Å². The highest BCUT2D eigenvalue weighted by atomic mass is 16.5. The third-order valence-corrected chi connectivity index (χ3v) is 2.33. The summed E-state index contributed by atoms with van der Waals surface area (Å²) in [6.45, 7) is 3.92. The molecule has 3 unspecified atom stereocenters. The number of allylic oxidation sites excluding steroid dienone is 3. The molecule has 0 aromatic heterocycles. The molecule has 0 radical (unpaired) electrons. The average molecular weight is 196 g/mol. The molecular formula is C11H16O3. The highest BCUT2D eigenvalue weighted by Gasteiger charge is 2.38. The summed E-state index contributed by atoms with van der Waals surface area (Å²) in [5.74, 6) is -0.703. The molecule has 1 aliphatic heterocycles. The lowest BCUT2D eigenvalue weighted by Gasteiger charge is -2.13. The van der Waals surface area contributed by atoms with Crippen LogP contribution in [0.15, 0.2) is 24.3 Å². The van der Waals surface area contributed by atoms with Crippen molar-refractivity contribution in [3.8, 4) is 0 Å². The fourth-order valence-corrected chi connectivity index (χ4v) is 1.60. The lowest BCUT2D eigenvalue weighted by atomic mass is 9.90. The Balaban J connectivity index is 2.64. The van der Waals surface area contributed by atoms with E-state index in [9.17, 15) is 9.90 Å². The Bertz CT molecular complexity index is 253. The summed E-state index contributed by atoms with van der Waals surface area (Å²) in [4.78, 5) is 11.2. The van der Waals surface area contributed by atoms with E-state index in [0.29, 0.717) is 6.61 Å². The van der Waals surface area contributed by atoms with Gasteiger partial charge in [-0.1, -0.05) is 24.3 Å². The molecule has 0 saturated carbocycles. The van der Waals surface area contributed by atoms with Crippen LogP contribution in [0.1, 0.15) is 13.8 Å². The van der Waals surface area contributed by atoms with E-state index in [1.54, 1.807) is 6.92 Å². The van der Waals surface area contributed by atoms with Gasteiger partial charge in [-0.05, 0) is 13.8 Å². The molecule has 3 nitrogen and oxygen atoms in total. The summed E-state index contributed by atoms with van der Waals surface area (Å²) in [7, 11) is 0. The van der Waals surface area contributed by atoms with E-state index < -0.39 is 12.0 Å². The molecule has 0 aromatic carbocycles. The van der Waals surface area contributed by atoms with E-state index in [1.165, 1.54) is 0 Å². The quantitative estimate of drug-likeness (QED) is 0.546. The van der Waals surface area contributed by atoms with Gasteiger partial charge >= 0.3 is 5.97 Å². The van der Waals surface area contributed by atoms with Crippen molar-refractivity contribution in [2.45, 2.75) is 20.0 Å². The minimum Gasteiger partial charge on any atom is -0.465 e. The summed E-state index contributed by atoms with van der Waals surface area (Å²) in [6, 6.07) is 0. The molecule has 1 rings (SSSR count). The molecule has 14 heavy (non-hydrogen) atoms. The molecule has 1 N–H and O–H groups in total. The Morgan fingerprint density at radius 3 is 2.86 bits per heavy atom. The predicted molar refractivity (Wildman–Crippen MR) is 53.6 cm³/mol. The SMILES string of the molecule is CC=CC=CC1COC(=O)C1C(C)O. The molecule has 1 fully saturated rings. The number of rotatable bonds is 3. The monoisotopic (exact) mass is 196 g/mol. The fraction of sp³-hybridized carbons (Fsp3) is 0.545. The Morgan fingerprint density at radius 2 is 2.29 bits per heavy atom. The van der Waals surface area contributed by atoms with Crippen molar-refractivity contribution in [1.82, 2.24) is 0 Å². The van der Waals surface area contributed by atoms with E-state index in [1.807, 2.05) is 31.2 Å². The number of hydrogen-bond acceptors (Lipinski definition) is 3. The van der Waals surface area contributed by atoms with Crippen LogP contribution in [0.2, 0.25) is 0 Å². The molecule has 0 spiro atoms. The minimum atomic E-state index is -0.648. The molecule has 1 saturated heterocycles. The zero-order valence-electron chi connectivity index (χ0n) is 8.51. The normalized spacial score (nSPS) is 30.1. The van der Waals surface area contributed by atoms with Crippen molar-refractivity contribution < 1.29 is 14.6 Å². The maximum absolute atomic E-state index is 11.2. The van der Waals surface area contributed by atoms with Gasteiger partial charge in [0.15, 0.2) is 0 Å². The largest absolute Gasteiger partial charge is 0.465 e. The number of aliphatic hydroxyl groups is 1. The smallest absolute Gasteiger partial charge is 0.312 e. The van der Waals surface area contributed by atoms with Gasteiger partial charge in [-0.2, -0.15) is 0 Å². The zero-order valence-corrected chi connectivity index (χ0v) is 8.51. The van der Waals surface area contributed by atoms with Crippen molar-refractivity contribution in [1.29, 1.82) is 0 Å². The molecule has 3 atom stereocenters. The van der Waals surface area contributed by atoms with Crippen LogP contribution in [0, 0.1) is 11.8 Å². The van der Waals surface area contributed by atoms with Gasteiger partial charge in [0.25, 0.3) is 0 Å². The second kappa shape index (κ2) is 4.96. The van der Waals surface area contributed by atoms with Crippen LogP contribution in [0.5, 0.6) is 0 Å². The van der Waals surface area contributed by atoms with Crippen LogP contribution < -0.4 is 0 Å². The molecule has 3 heteroatoms. The summed E-state index contributed by atoms with van der Waals surface area (Å²) >= 11 is 0. The molecule has 0 amide bonds. The fourth-order valence-electron chi connectivity index (χ4n) is 1.60. The maximum Gasteiger partial charge on any atom is 0.312 e. The van der Waals surface area contributed by atoms with Gasteiger partial charge in [0.05, 0.1) is 18.6 Å². The Kier molecular flexibility index (Phi) is 3.89. The minimum absolute atomic E-state index is 0.00120. The third kappa shape index (κ3) is 2.45. The topological polar surface area (TPSA) is 46.5 Å². The van der Waals surface area contributed by atoms with Crippen LogP contribution >= 0.6 is 0 Å². The number of carbonyl (C=O) groups is 1. The standard InChI is InChI=1S/C11H16O3/c1-3-4-5-6-9-7-14-11(13)10(9)8(2)12/h3-6,8-10,12H,7H2,1-2H3. The van der Waals surface area contributed by atoms with E-state index in [4.69, 9.17) is 4.74 Å². The van der Waals surface area contributed by atoms with E-state index in [-0.39, 0.29) is 11.9 Å². The first-order valence-corrected chi connectivity index (χ1v) is 4.81. The summed E-state index contributed by atoms with van der Waals surface area (Å²) in [5.41, 5.74) is 0. The number of hydrogen-bond donors (Lipinski definition) is 1. The van der Waals surface area contributed by atoms with Gasteiger partial charge in [0, 0.05) is 5.92 Å². The van der Waals surface area contributed by atoms with E-state index >= 15 is 0 Å². The van der Waals surface area contributed by atoms with Crippen molar-refractivity contribution >= 4 is 5.97 Å². The van der Waals surface area contributed by atoms with Crippen LogP contribution in [-0.4, -0.2) is 23.8 Å². The van der Waals surface area contributed by atoms with Gasteiger partial charge in [0.1, 0.15) is 0 Å². The number of ether oxygens (including phenoxy) is 1. The molecule has 0 bridgehead atoms. The van der Waals surface area contributed by atoms with E-state index in [2.05, 4.69) is 0 Å². The zero-order chi connectivity index (χ0) is 10.6. The second-order valence-electron chi connectivity index (χ2n) is 3.47. The Labute approximate surface area is 84.1 Å². The summed E-state index contributed by atoms with van der Waals surface area (Å²) < 4.78 is 4.90. The van der Waals surface area contributed by atoms with E-state index in [0.717, 1.165) is 0 Å². The molecule has 1 heterocycles. The first-order chi connectivity index (χ1) is 6.66. The van der Waals surface area contributed by atoms with Crippen molar-refractivity contribution in [3.63, 3.8) is 0 Å². The molecule has 78 valence electrons. The first kappa shape index (κ1) is 11.0. The highest BCUT2D eigenvalue weighted by molar-refractivity contribution is 5.75. The van der Waals surface area contributed by atoms with Gasteiger partial charge in [0.2, 0.25) is 0 Å². The average Bonchev–Trinajstić information content (AvgIpc) is 2.47. The van der Waals surface area contributed by atoms with Crippen molar-refractivity contribution in [2.75, 3.05) is 6.61 Å². The van der Waals surface area contributed by atoms with Crippen LogP contribution in [0.3, 0.4) is 0 Å². The number of esters is 1. The van der Waals surface area contributed by atoms with Gasteiger partial charge < -0.3 is 9.84 Å². The highest BCUT2D eigenvalue weighted by Crippen LogP contribution is 2.26. The number of cyclic esters (lactones) is 1. The summed E-state index contributed by atoms with van der Waals surface area (Å²) in [5, 5.41) is 9.40. The Hall–Kier alpha value is -1.09. The van der Waals surface area contributed by atoms with Crippen molar-refractivity contribution in [3.05, 3.63) is 24.3 Å². The molecular weight excluding hydrogens is 180 g/mol. The van der Waals surface area contributed by atoms with Gasteiger partial charge in [-0.15, -0.1) is 0 Å². The summed E-state index contributed by atoms with van der Waals surface area (Å²) in [6.07, 6.45) is 6.93. The maximum atomic E-state index is 11.2. The molecule has 1 aliphatic rings. The van der Waals surface area contributed by atoms with Crippen molar-refractivity contribution in [2.24, 2.45) is 11.8 Å². The Morgan fingerprint density at radius 1 is 1.57 bits per heavy atom. The number of carbonyl (C=O) groups excluding carboxylic acids is 1. The number of aliphatic hydroxyl groups excluding tert-OH is 1. The second-order valence-corrected chi connectivity index (χ2v) is 3.47. The van der Waals surface area contributed by atoms with Crippen LogP contribution in [-0.2, 0) is 9.53 Å². The van der Waals surface area contributed by atoms with Crippen LogP contribution in [0.25, 0.3) is 0 Å². The lowest BCUT2D eigenvalue weighted by Crippen LogP contribution is -2.26.